The Bertz CT molecular complexity index is 848. The van der Waals surface area contributed by atoms with E-state index in [1.54, 1.807) is 12.1 Å². The minimum atomic E-state index is -4.69. The molecule has 1 saturated heterocycles. The van der Waals surface area contributed by atoms with E-state index in [2.05, 4.69) is 10.2 Å². The number of carbonyl (C=O) groups is 1. The number of carbonyl (C=O) groups excluding carboxylic acids is 1. The van der Waals surface area contributed by atoms with E-state index < -0.39 is 17.6 Å². The van der Waals surface area contributed by atoms with Gasteiger partial charge in [-0.1, -0.05) is 6.07 Å². The molecule has 9 heteroatoms. The number of amides is 1. The minimum Gasteiger partial charge on any atom is -0.508 e. The van der Waals surface area contributed by atoms with Gasteiger partial charge in [0.1, 0.15) is 11.6 Å². The molecular formula is C20H21F4N3O2. The van der Waals surface area contributed by atoms with Crippen LogP contribution >= 0.6 is 0 Å². The third kappa shape index (κ3) is 5.60. The average molecular weight is 411 g/mol. The summed E-state index contributed by atoms with van der Waals surface area (Å²) in [5, 5.41) is 11.8. The molecule has 0 aromatic heterocycles. The first-order valence-corrected chi connectivity index (χ1v) is 9.11. The summed E-state index contributed by atoms with van der Waals surface area (Å²) >= 11 is 0. The van der Waals surface area contributed by atoms with Crippen LogP contribution in [-0.4, -0.2) is 48.6 Å². The molecule has 5 nitrogen and oxygen atoms in total. The SMILES string of the molecule is O=C(CN1CCN(c2ccc(O)cc2)CC1)NCc1ccc(F)cc1C(F)(F)F. The first-order valence-electron chi connectivity index (χ1n) is 9.11. The number of nitrogens with one attached hydrogen (secondary N) is 1. The highest BCUT2D eigenvalue weighted by Crippen LogP contribution is 2.32. The van der Waals surface area contributed by atoms with Gasteiger partial charge in [-0.2, -0.15) is 13.2 Å². The first kappa shape index (κ1) is 20.9. The number of aromatic hydroxyl groups is 1. The molecule has 1 aliphatic heterocycles. The lowest BCUT2D eigenvalue weighted by Gasteiger charge is -2.35. The molecular weight excluding hydrogens is 390 g/mol. The molecule has 3 rings (SSSR count). The molecule has 29 heavy (non-hydrogen) atoms. The van der Waals surface area contributed by atoms with E-state index in [0.29, 0.717) is 32.2 Å². The number of alkyl halides is 3. The predicted octanol–water partition coefficient (Wildman–Crippen LogP) is 2.99. The van der Waals surface area contributed by atoms with Gasteiger partial charge in [0.15, 0.2) is 0 Å². The minimum absolute atomic E-state index is 0.0754. The van der Waals surface area contributed by atoms with Gasteiger partial charge in [-0.25, -0.2) is 4.39 Å². The largest absolute Gasteiger partial charge is 0.508 e. The maximum atomic E-state index is 13.1. The third-order valence-electron chi connectivity index (χ3n) is 4.81. The second kappa shape index (κ2) is 8.69. The summed E-state index contributed by atoms with van der Waals surface area (Å²) in [7, 11) is 0. The number of halogens is 4. The number of anilines is 1. The van der Waals surface area contributed by atoms with Gasteiger partial charge in [0.2, 0.25) is 5.91 Å². The normalized spacial score (nSPS) is 15.4. The van der Waals surface area contributed by atoms with Crippen molar-refractivity contribution in [3.05, 3.63) is 59.4 Å². The standard InChI is InChI=1S/C20H21F4N3O2/c21-15-2-1-14(18(11-15)20(22,23)24)12-25-19(29)13-26-7-9-27(10-8-26)16-3-5-17(28)6-4-16/h1-6,11,28H,7-10,12-13H2,(H,25,29). The van der Waals surface area contributed by atoms with Gasteiger partial charge >= 0.3 is 6.18 Å². The summed E-state index contributed by atoms with van der Waals surface area (Å²) in [6, 6.07) is 9.27. The monoisotopic (exact) mass is 411 g/mol. The first-order chi connectivity index (χ1) is 13.7. The number of rotatable bonds is 5. The third-order valence-corrected chi connectivity index (χ3v) is 4.81. The highest BCUT2D eigenvalue weighted by atomic mass is 19.4. The van der Waals surface area contributed by atoms with Crippen molar-refractivity contribution in [3.63, 3.8) is 0 Å². The fourth-order valence-electron chi connectivity index (χ4n) is 3.25. The van der Waals surface area contributed by atoms with Gasteiger partial charge in [-0.15, -0.1) is 0 Å². The number of hydrogen-bond donors (Lipinski definition) is 2. The lowest BCUT2D eigenvalue weighted by molar-refractivity contribution is -0.138. The predicted molar refractivity (Wildman–Crippen MR) is 100 cm³/mol. The van der Waals surface area contributed by atoms with Crippen LogP contribution in [0, 0.1) is 5.82 Å². The molecule has 0 bridgehead atoms. The summed E-state index contributed by atoms with van der Waals surface area (Å²) in [6.07, 6.45) is -4.69. The van der Waals surface area contributed by atoms with Crippen LogP contribution in [0.4, 0.5) is 23.2 Å². The average Bonchev–Trinajstić information content (AvgIpc) is 2.67. The maximum absolute atomic E-state index is 13.1. The van der Waals surface area contributed by atoms with Crippen LogP contribution in [-0.2, 0) is 17.5 Å². The van der Waals surface area contributed by atoms with Crippen molar-refractivity contribution in [2.45, 2.75) is 12.7 Å². The van der Waals surface area contributed by atoms with E-state index in [-0.39, 0.29) is 30.3 Å². The molecule has 1 fully saturated rings. The summed E-state index contributed by atoms with van der Waals surface area (Å²) in [5.41, 5.74) is -0.285. The van der Waals surface area contributed by atoms with Crippen molar-refractivity contribution in [1.29, 1.82) is 0 Å². The Morgan fingerprint density at radius 1 is 1.03 bits per heavy atom. The fourth-order valence-corrected chi connectivity index (χ4v) is 3.25. The van der Waals surface area contributed by atoms with Gasteiger partial charge in [-0.3, -0.25) is 9.69 Å². The summed E-state index contributed by atoms with van der Waals surface area (Å²) in [6.45, 7) is 2.38. The molecule has 156 valence electrons. The maximum Gasteiger partial charge on any atom is 0.416 e. The molecule has 2 aromatic carbocycles. The topological polar surface area (TPSA) is 55.8 Å². The Morgan fingerprint density at radius 3 is 2.31 bits per heavy atom. The molecule has 2 N–H and O–H groups in total. The smallest absolute Gasteiger partial charge is 0.416 e. The van der Waals surface area contributed by atoms with Crippen molar-refractivity contribution >= 4 is 11.6 Å². The highest BCUT2D eigenvalue weighted by Gasteiger charge is 2.33. The summed E-state index contributed by atoms with van der Waals surface area (Å²) in [5.74, 6) is -1.17. The summed E-state index contributed by atoms with van der Waals surface area (Å²) < 4.78 is 52.2. The Hall–Kier alpha value is -2.81. The van der Waals surface area contributed by atoms with E-state index in [9.17, 15) is 27.5 Å². The van der Waals surface area contributed by atoms with E-state index in [0.717, 1.165) is 17.8 Å². The lowest BCUT2D eigenvalue weighted by atomic mass is 10.1. The van der Waals surface area contributed by atoms with Crippen molar-refractivity contribution in [1.82, 2.24) is 10.2 Å². The van der Waals surface area contributed by atoms with Gasteiger partial charge in [0.25, 0.3) is 0 Å². The van der Waals surface area contributed by atoms with Crippen molar-refractivity contribution in [3.8, 4) is 5.75 Å². The summed E-state index contributed by atoms with van der Waals surface area (Å²) in [4.78, 5) is 16.2. The number of phenols is 1. The number of phenolic OH excluding ortho intramolecular Hbond substituents is 1. The van der Waals surface area contributed by atoms with Gasteiger partial charge < -0.3 is 15.3 Å². The zero-order valence-corrected chi connectivity index (χ0v) is 15.5. The van der Waals surface area contributed by atoms with Gasteiger partial charge in [-0.05, 0) is 42.0 Å². The molecule has 0 saturated carbocycles. The van der Waals surface area contributed by atoms with Gasteiger partial charge in [0.05, 0.1) is 12.1 Å². The second-order valence-corrected chi connectivity index (χ2v) is 6.86. The van der Waals surface area contributed by atoms with Crippen LogP contribution in [0.15, 0.2) is 42.5 Å². The Labute approximate surface area is 165 Å². The van der Waals surface area contributed by atoms with Crippen molar-refractivity contribution < 1.29 is 27.5 Å². The van der Waals surface area contributed by atoms with Crippen LogP contribution in [0.5, 0.6) is 5.75 Å². The van der Waals surface area contributed by atoms with Crippen molar-refractivity contribution in [2.75, 3.05) is 37.6 Å². The lowest BCUT2D eigenvalue weighted by Crippen LogP contribution is -2.49. The number of nitrogens with zero attached hydrogens (tertiary/aromatic N) is 2. The van der Waals surface area contributed by atoms with Crippen LogP contribution in [0.2, 0.25) is 0 Å². The number of piperazine rings is 1. The van der Waals surface area contributed by atoms with E-state index in [4.69, 9.17) is 0 Å². The molecule has 1 aliphatic rings. The zero-order chi connectivity index (χ0) is 21.0. The van der Waals surface area contributed by atoms with Crippen molar-refractivity contribution in [2.24, 2.45) is 0 Å². The van der Waals surface area contributed by atoms with Crippen LogP contribution < -0.4 is 10.2 Å². The van der Waals surface area contributed by atoms with Gasteiger partial charge in [0, 0.05) is 38.4 Å². The Morgan fingerprint density at radius 2 is 1.69 bits per heavy atom. The molecule has 0 aliphatic carbocycles. The number of benzene rings is 2. The molecule has 0 radical (unpaired) electrons. The number of hydrogen-bond acceptors (Lipinski definition) is 4. The Balaban J connectivity index is 1.49. The van der Waals surface area contributed by atoms with E-state index in [1.807, 2.05) is 17.0 Å². The molecule has 0 spiro atoms. The highest BCUT2D eigenvalue weighted by molar-refractivity contribution is 5.78. The molecule has 1 amide bonds. The van der Waals surface area contributed by atoms with Crippen LogP contribution in [0.3, 0.4) is 0 Å². The zero-order valence-electron chi connectivity index (χ0n) is 15.5. The van der Waals surface area contributed by atoms with Crippen LogP contribution in [0.1, 0.15) is 11.1 Å². The second-order valence-electron chi connectivity index (χ2n) is 6.86. The van der Waals surface area contributed by atoms with E-state index in [1.165, 1.54) is 0 Å². The molecule has 2 aromatic rings. The van der Waals surface area contributed by atoms with E-state index >= 15 is 0 Å². The fraction of sp³-hybridized carbons (Fsp3) is 0.350. The Kier molecular flexibility index (Phi) is 6.26. The van der Waals surface area contributed by atoms with Crippen LogP contribution in [0.25, 0.3) is 0 Å². The molecule has 1 heterocycles. The quantitative estimate of drug-likeness (QED) is 0.743. The molecule has 0 unspecified atom stereocenters. The molecule has 0 atom stereocenters.